The van der Waals surface area contributed by atoms with Gasteiger partial charge < -0.3 is 9.84 Å². The molecule has 1 aliphatic heterocycles. The number of rotatable bonds is 4. The number of phenolic OH excluding ortho intramolecular Hbond substituents is 1. The normalized spacial score (nSPS) is 19.2. The first kappa shape index (κ1) is 19.2. The lowest BCUT2D eigenvalue weighted by Gasteiger charge is -2.30. The van der Waals surface area contributed by atoms with Crippen LogP contribution in [0.3, 0.4) is 0 Å². The van der Waals surface area contributed by atoms with Gasteiger partial charge in [-0.3, -0.25) is 4.79 Å². The van der Waals surface area contributed by atoms with Crippen LogP contribution in [0, 0.1) is 0 Å². The molecule has 1 aromatic rings. The fourth-order valence-electron chi connectivity index (χ4n) is 3.35. The summed E-state index contributed by atoms with van der Waals surface area (Å²) in [6.45, 7) is 6.17. The number of aryl methyl sites for hydroxylation is 1. The third kappa shape index (κ3) is 3.76. The average Bonchev–Trinajstić information content (AvgIpc) is 2.96. The Morgan fingerprint density at radius 2 is 2.04 bits per heavy atom. The number of ether oxygens (including phenoxy) is 1. The lowest BCUT2D eigenvalue weighted by molar-refractivity contribution is -0.140. The molecule has 0 saturated heterocycles. The molecule has 0 aromatic heterocycles. The number of nitrogens with zero attached hydrogens (tertiary/aromatic N) is 3. The second-order valence-corrected chi connectivity index (χ2v) is 7.91. The fraction of sp³-hybridized carbons (Fsp3) is 0.429. The summed E-state index contributed by atoms with van der Waals surface area (Å²) in [6, 6.07) is 3.92. The van der Waals surface area contributed by atoms with Crippen molar-refractivity contribution >= 4 is 17.4 Å². The highest BCUT2D eigenvalue weighted by atomic mass is 16.5. The third-order valence-electron chi connectivity index (χ3n) is 4.90. The Labute approximate surface area is 160 Å². The van der Waals surface area contributed by atoms with Gasteiger partial charge in [-0.1, -0.05) is 45.1 Å². The smallest absolute Gasteiger partial charge is 0.305 e. The van der Waals surface area contributed by atoms with Gasteiger partial charge >= 0.3 is 5.97 Å². The Morgan fingerprint density at radius 3 is 2.67 bits per heavy atom. The van der Waals surface area contributed by atoms with E-state index in [2.05, 4.69) is 31.9 Å². The third-order valence-corrected chi connectivity index (χ3v) is 4.90. The zero-order chi connectivity index (χ0) is 19.8. The van der Waals surface area contributed by atoms with E-state index in [4.69, 9.17) is 4.74 Å². The molecule has 0 spiro atoms. The van der Waals surface area contributed by atoms with Crippen LogP contribution in [0.15, 0.2) is 41.5 Å². The molecule has 1 aliphatic carbocycles. The van der Waals surface area contributed by atoms with E-state index in [-0.39, 0.29) is 23.2 Å². The van der Waals surface area contributed by atoms with Crippen LogP contribution in [0.1, 0.15) is 38.3 Å². The molecular weight excluding hydrogens is 342 g/mol. The summed E-state index contributed by atoms with van der Waals surface area (Å²) in [4.78, 5) is 11.6. The van der Waals surface area contributed by atoms with Crippen LogP contribution < -0.4 is 5.12 Å². The lowest BCUT2D eigenvalue weighted by atomic mass is 9.84. The van der Waals surface area contributed by atoms with Gasteiger partial charge in [0.2, 0.25) is 0 Å². The molecule has 1 heterocycles. The number of esters is 1. The molecule has 0 fully saturated rings. The fourth-order valence-corrected chi connectivity index (χ4v) is 3.35. The van der Waals surface area contributed by atoms with Crippen molar-refractivity contribution in [2.75, 3.05) is 19.3 Å². The maximum Gasteiger partial charge on any atom is 0.305 e. The number of fused-ring (bicyclic) bond motifs is 1. The molecule has 1 unspecified atom stereocenters. The topological polar surface area (TPSA) is 65.4 Å². The van der Waals surface area contributed by atoms with Crippen LogP contribution in [-0.4, -0.2) is 42.0 Å². The van der Waals surface area contributed by atoms with Crippen molar-refractivity contribution in [2.45, 2.75) is 45.1 Å². The number of hydrogen-bond acceptors (Lipinski definition) is 6. The second-order valence-electron chi connectivity index (χ2n) is 7.91. The molecule has 6 heteroatoms. The van der Waals surface area contributed by atoms with Crippen molar-refractivity contribution in [1.82, 2.24) is 5.01 Å². The molecule has 3 rings (SSSR count). The van der Waals surface area contributed by atoms with E-state index in [1.165, 1.54) is 7.11 Å². The number of carbonyl (C=O) groups excluding carboxylic acids is 1. The highest BCUT2D eigenvalue weighted by Crippen LogP contribution is 2.41. The Kier molecular flexibility index (Phi) is 5.11. The van der Waals surface area contributed by atoms with Crippen molar-refractivity contribution in [3.05, 3.63) is 47.6 Å². The van der Waals surface area contributed by atoms with Gasteiger partial charge in [0.25, 0.3) is 0 Å². The Morgan fingerprint density at radius 1 is 1.30 bits per heavy atom. The predicted molar refractivity (Wildman–Crippen MR) is 107 cm³/mol. The standard InChI is InChI=1S/C21H27N3O3/c1-21(2,3)15-12-14(10-11-19(25)27-5)13-18(20(15)26)24-22-16-8-6-7-9-17(16)23(24)4/h6-9,12-13,17,26H,10-11H2,1-5H3. The van der Waals surface area contributed by atoms with Crippen LogP contribution >= 0.6 is 0 Å². The molecule has 27 heavy (non-hydrogen) atoms. The number of hydrazine groups is 1. The molecule has 0 saturated carbocycles. The molecule has 1 N–H and O–H groups in total. The molecule has 144 valence electrons. The summed E-state index contributed by atoms with van der Waals surface area (Å²) < 4.78 is 4.76. The predicted octanol–water partition coefficient (Wildman–Crippen LogP) is 3.31. The van der Waals surface area contributed by atoms with Gasteiger partial charge in [-0.15, -0.1) is 0 Å². The number of allylic oxidation sites excluding steroid dienone is 2. The minimum Gasteiger partial charge on any atom is -0.505 e. The van der Waals surface area contributed by atoms with Crippen molar-refractivity contribution in [3.8, 4) is 5.75 Å². The number of benzene rings is 1. The van der Waals surface area contributed by atoms with E-state index in [0.29, 0.717) is 18.5 Å². The van der Waals surface area contributed by atoms with E-state index in [0.717, 1.165) is 16.8 Å². The molecule has 1 atom stereocenters. The monoisotopic (exact) mass is 369 g/mol. The van der Waals surface area contributed by atoms with Gasteiger partial charge in [-0.2, -0.15) is 15.2 Å². The SMILES string of the molecule is COC(=O)CCc1cc(N2N=C3C=CC=CC3N2C)c(O)c(C(C)(C)C)c1. The molecule has 0 bridgehead atoms. The molecule has 0 radical (unpaired) electrons. The first-order valence-corrected chi connectivity index (χ1v) is 9.12. The van der Waals surface area contributed by atoms with Gasteiger partial charge in [0.05, 0.1) is 18.9 Å². The minimum atomic E-state index is -0.252. The summed E-state index contributed by atoms with van der Waals surface area (Å²) in [5.41, 5.74) is 3.09. The maximum absolute atomic E-state index is 11.6. The Hall–Kier alpha value is -2.60. The number of anilines is 1. The molecular formula is C21H27N3O3. The van der Waals surface area contributed by atoms with Crippen molar-refractivity contribution in [1.29, 1.82) is 0 Å². The largest absolute Gasteiger partial charge is 0.505 e. The van der Waals surface area contributed by atoms with Crippen LogP contribution in [-0.2, 0) is 21.4 Å². The number of aromatic hydroxyl groups is 1. The summed E-state index contributed by atoms with van der Waals surface area (Å²) in [6.07, 6.45) is 8.84. The van der Waals surface area contributed by atoms with Crippen LogP contribution in [0.2, 0.25) is 0 Å². The maximum atomic E-state index is 11.6. The summed E-state index contributed by atoms with van der Waals surface area (Å²) >= 11 is 0. The van der Waals surface area contributed by atoms with Crippen molar-refractivity contribution in [3.63, 3.8) is 0 Å². The highest BCUT2D eigenvalue weighted by Gasteiger charge is 2.34. The highest BCUT2D eigenvalue weighted by molar-refractivity contribution is 6.03. The number of hydrazone groups is 1. The molecule has 1 aromatic carbocycles. The van der Waals surface area contributed by atoms with E-state index < -0.39 is 0 Å². The zero-order valence-electron chi connectivity index (χ0n) is 16.6. The molecule has 6 nitrogen and oxygen atoms in total. The number of likely N-dealkylation sites (N-methyl/N-ethyl adjacent to an activating group) is 1. The average molecular weight is 369 g/mol. The van der Waals surface area contributed by atoms with Crippen LogP contribution in [0.5, 0.6) is 5.75 Å². The van der Waals surface area contributed by atoms with Crippen LogP contribution in [0.25, 0.3) is 0 Å². The number of methoxy groups -OCH3 is 1. The minimum absolute atomic E-state index is 0.0474. The van der Waals surface area contributed by atoms with Gasteiger partial charge in [0.15, 0.2) is 0 Å². The summed E-state index contributed by atoms with van der Waals surface area (Å²) in [5.74, 6) is -0.0334. The Bertz CT molecular complexity index is 834. The van der Waals surface area contributed by atoms with E-state index in [1.807, 2.05) is 42.4 Å². The number of phenols is 1. The first-order chi connectivity index (χ1) is 12.7. The van der Waals surface area contributed by atoms with Gasteiger partial charge in [0, 0.05) is 19.0 Å². The number of carbonyl (C=O) groups is 1. The molecule has 2 aliphatic rings. The van der Waals surface area contributed by atoms with Crippen LogP contribution in [0.4, 0.5) is 5.69 Å². The summed E-state index contributed by atoms with van der Waals surface area (Å²) in [7, 11) is 3.34. The number of hydrogen-bond donors (Lipinski definition) is 1. The quantitative estimate of drug-likeness (QED) is 0.825. The van der Waals surface area contributed by atoms with E-state index >= 15 is 0 Å². The van der Waals surface area contributed by atoms with Crippen molar-refractivity contribution < 1.29 is 14.6 Å². The van der Waals surface area contributed by atoms with Gasteiger partial charge in [0.1, 0.15) is 11.4 Å². The van der Waals surface area contributed by atoms with Gasteiger partial charge in [-0.25, -0.2) is 0 Å². The zero-order valence-corrected chi connectivity index (χ0v) is 16.6. The second kappa shape index (κ2) is 7.19. The van der Waals surface area contributed by atoms with Crippen molar-refractivity contribution in [2.24, 2.45) is 5.10 Å². The van der Waals surface area contributed by atoms with E-state index in [1.54, 1.807) is 5.12 Å². The lowest BCUT2D eigenvalue weighted by Crippen LogP contribution is -2.39. The molecule has 0 amide bonds. The first-order valence-electron chi connectivity index (χ1n) is 9.12. The summed E-state index contributed by atoms with van der Waals surface area (Å²) in [5, 5.41) is 19.4. The van der Waals surface area contributed by atoms with E-state index in [9.17, 15) is 9.90 Å². The van der Waals surface area contributed by atoms with Gasteiger partial charge in [-0.05, 0) is 29.5 Å². The Balaban J connectivity index is 2.03.